The second kappa shape index (κ2) is 15.4. The van der Waals surface area contributed by atoms with Gasteiger partial charge in [-0.05, 0) is 80.1 Å². The van der Waals surface area contributed by atoms with Gasteiger partial charge in [0.05, 0.1) is 10.6 Å². The average molecular weight is 652 g/mol. The summed E-state index contributed by atoms with van der Waals surface area (Å²) in [6.45, 7) is 5.56. The van der Waals surface area contributed by atoms with Gasteiger partial charge in [0.25, 0.3) is 10.0 Å². The third-order valence-electron chi connectivity index (χ3n) is 9.05. The zero-order valence-corrected chi connectivity index (χ0v) is 28.4. The lowest BCUT2D eigenvalue weighted by molar-refractivity contribution is -0.140. The van der Waals surface area contributed by atoms with E-state index in [1.165, 1.54) is 16.4 Å². The predicted octanol–water partition coefficient (Wildman–Crippen LogP) is 6.90. The highest BCUT2D eigenvalue weighted by molar-refractivity contribution is 7.92. The molecule has 0 unspecified atom stereocenters. The molecule has 0 heterocycles. The number of aryl methyl sites for hydroxylation is 3. The van der Waals surface area contributed by atoms with E-state index in [1.807, 2.05) is 81.4 Å². The van der Waals surface area contributed by atoms with Gasteiger partial charge in [-0.1, -0.05) is 104 Å². The molecule has 1 atom stereocenters. The van der Waals surface area contributed by atoms with Crippen LogP contribution in [0.15, 0.2) is 108 Å². The van der Waals surface area contributed by atoms with Crippen LogP contribution in [0.2, 0.25) is 0 Å². The summed E-state index contributed by atoms with van der Waals surface area (Å²) < 4.78 is 29.6. The van der Waals surface area contributed by atoms with Crippen LogP contribution in [0.1, 0.15) is 59.9 Å². The molecule has 0 bridgehead atoms. The van der Waals surface area contributed by atoms with Crippen molar-refractivity contribution in [2.75, 3.05) is 10.8 Å². The van der Waals surface area contributed by atoms with Crippen LogP contribution in [0.4, 0.5) is 5.69 Å². The summed E-state index contributed by atoms with van der Waals surface area (Å²) in [6.07, 6.45) is 5.38. The molecule has 1 aliphatic carbocycles. The molecular weight excluding hydrogens is 607 g/mol. The van der Waals surface area contributed by atoms with E-state index in [9.17, 15) is 18.0 Å². The molecule has 0 aromatic heterocycles. The van der Waals surface area contributed by atoms with Crippen LogP contribution >= 0.6 is 0 Å². The van der Waals surface area contributed by atoms with E-state index in [0.29, 0.717) is 12.1 Å². The van der Waals surface area contributed by atoms with E-state index in [0.717, 1.165) is 59.9 Å². The van der Waals surface area contributed by atoms with Gasteiger partial charge in [-0.3, -0.25) is 13.9 Å². The number of nitrogens with one attached hydrogen (secondary N) is 1. The number of amides is 2. The van der Waals surface area contributed by atoms with Crippen molar-refractivity contribution < 1.29 is 18.0 Å². The van der Waals surface area contributed by atoms with Gasteiger partial charge in [0.1, 0.15) is 12.6 Å². The van der Waals surface area contributed by atoms with Gasteiger partial charge < -0.3 is 10.2 Å². The Balaban J connectivity index is 1.57. The third-order valence-corrected chi connectivity index (χ3v) is 10.8. The first kappa shape index (κ1) is 33.9. The largest absolute Gasteiger partial charge is 0.352 e. The van der Waals surface area contributed by atoms with Crippen molar-refractivity contribution in [3.63, 3.8) is 0 Å². The quantitative estimate of drug-likeness (QED) is 0.181. The fourth-order valence-electron chi connectivity index (χ4n) is 6.23. The van der Waals surface area contributed by atoms with Gasteiger partial charge in [0, 0.05) is 19.0 Å². The second-order valence-electron chi connectivity index (χ2n) is 12.7. The molecule has 246 valence electrons. The van der Waals surface area contributed by atoms with Crippen molar-refractivity contribution in [2.45, 2.75) is 82.8 Å². The number of nitrogens with zero attached hydrogens (tertiary/aromatic N) is 2. The van der Waals surface area contributed by atoms with Crippen LogP contribution in [-0.2, 0) is 32.6 Å². The van der Waals surface area contributed by atoms with E-state index < -0.39 is 28.5 Å². The van der Waals surface area contributed by atoms with Crippen molar-refractivity contribution in [3.8, 4) is 0 Å². The number of benzene rings is 4. The molecule has 8 heteroatoms. The van der Waals surface area contributed by atoms with Gasteiger partial charge in [0.15, 0.2) is 0 Å². The molecule has 5 rings (SSSR count). The average Bonchev–Trinajstić information content (AvgIpc) is 3.07. The number of hydrogen-bond acceptors (Lipinski definition) is 4. The molecule has 2 amide bonds. The van der Waals surface area contributed by atoms with E-state index in [-0.39, 0.29) is 23.4 Å². The maximum Gasteiger partial charge on any atom is 0.264 e. The summed E-state index contributed by atoms with van der Waals surface area (Å²) in [5, 5.41) is 3.26. The van der Waals surface area contributed by atoms with Crippen molar-refractivity contribution >= 4 is 27.5 Å². The summed E-state index contributed by atoms with van der Waals surface area (Å²) in [5.74, 6) is -0.672. The zero-order valence-electron chi connectivity index (χ0n) is 27.6. The molecule has 1 saturated carbocycles. The summed E-state index contributed by atoms with van der Waals surface area (Å²) in [7, 11) is -4.13. The van der Waals surface area contributed by atoms with Crippen molar-refractivity contribution in [3.05, 3.63) is 131 Å². The van der Waals surface area contributed by atoms with Crippen molar-refractivity contribution in [1.29, 1.82) is 0 Å². The Morgan fingerprint density at radius 3 is 2.09 bits per heavy atom. The van der Waals surface area contributed by atoms with Crippen LogP contribution < -0.4 is 9.62 Å². The minimum atomic E-state index is -4.13. The lowest BCUT2D eigenvalue weighted by Crippen LogP contribution is -2.55. The van der Waals surface area contributed by atoms with Gasteiger partial charge in [-0.2, -0.15) is 0 Å². The number of anilines is 1. The van der Waals surface area contributed by atoms with Crippen LogP contribution in [0.3, 0.4) is 0 Å². The molecule has 0 aliphatic heterocycles. The number of carbonyl (C=O) groups is 2. The molecule has 1 aliphatic rings. The van der Waals surface area contributed by atoms with E-state index in [2.05, 4.69) is 5.32 Å². The van der Waals surface area contributed by atoms with Crippen LogP contribution in [-0.4, -0.2) is 43.8 Å². The van der Waals surface area contributed by atoms with Gasteiger partial charge >= 0.3 is 0 Å². The Labute approximate surface area is 279 Å². The van der Waals surface area contributed by atoms with Crippen LogP contribution in [0.5, 0.6) is 0 Å². The Kier molecular flexibility index (Phi) is 11.1. The second-order valence-corrected chi connectivity index (χ2v) is 14.5. The number of hydrogen-bond donors (Lipinski definition) is 1. The fourth-order valence-corrected chi connectivity index (χ4v) is 7.66. The van der Waals surface area contributed by atoms with E-state index >= 15 is 0 Å². The first-order chi connectivity index (χ1) is 22.6. The van der Waals surface area contributed by atoms with Gasteiger partial charge in [-0.15, -0.1) is 0 Å². The molecule has 4 aromatic carbocycles. The molecule has 0 saturated heterocycles. The summed E-state index contributed by atoms with van der Waals surface area (Å²) in [5.41, 5.74) is 5.14. The lowest BCUT2D eigenvalue weighted by atomic mass is 9.94. The Hall–Kier alpha value is -4.43. The van der Waals surface area contributed by atoms with Crippen LogP contribution in [0.25, 0.3) is 0 Å². The normalized spacial score (nSPS) is 14.3. The molecule has 0 spiro atoms. The van der Waals surface area contributed by atoms with E-state index in [1.54, 1.807) is 35.2 Å². The summed E-state index contributed by atoms with van der Waals surface area (Å²) in [4.78, 5) is 30.6. The molecular formula is C39H45N3O4S. The fraction of sp³-hybridized carbons (Fsp3) is 0.333. The first-order valence-electron chi connectivity index (χ1n) is 16.5. The highest BCUT2D eigenvalue weighted by atomic mass is 32.2. The maximum atomic E-state index is 14.7. The summed E-state index contributed by atoms with van der Waals surface area (Å²) in [6, 6.07) is 30.3. The number of carbonyl (C=O) groups excluding carboxylic acids is 2. The minimum Gasteiger partial charge on any atom is -0.352 e. The maximum absolute atomic E-state index is 14.7. The molecule has 47 heavy (non-hydrogen) atoms. The van der Waals surface area contributed by atoms with E-state index in [4.69, 9.17) is 0 Å². The number of rotatable bonds is 12. The highest BCUT2D eigenvalue weighted by Crippen LogP contribution is 2.27. The molecule has 7 nitrogen and oxygen atoms in total. The highest BCUT2D eigenvalue weighted by Gasteiger charge is 2.35. The third kappa shape index (κ3) is 8.69. The smallest absolute Gasteiger partial charge is 0.264 e. The molecule has 1 fully saturated rings. The predicted molar refractivity (Wildman–Crippen MR) is 188 cm³/mol. The molecule has 0 radical (unpaired) electrons. The molecule has 1 N–H and O–H groups in total. The molecule has 4 aromatic rings. The topological polar surface area (TPSA) is 86.8 Å². The standard InChI is InChI=1S/C39H45N3O4S/c1-29-14-13-17-33(24-29)27-41(37(26-32-15-7-4-8-16-32)39(44)40-34-18-9-5-10-19-34)38(43)28-42(35-23-22-30(2)31(3)25-35)47(45,46)36-20-11-6-12-21-36/h4,6-8,11-17,20-25,34,37H,5,9-10,18-19,26-28H2,1-3H3,(H,40,44)/t37-/m0/s1. The summed E-state index contributed by atoms with van der Waals surface area (Å²) >= 11 is 0. The van der Waals surface area contributed by atoms with Crippen molar-refractivity contribution in [2.24, 2.45) is 0 Å². The van der Waals surface area contributed by atoms with Crippen molar-refractivity contribution in [1.82, 2.24) is 10.2 Å². The Morgan fingerprint density at radius 1 is 0.766 bits per heavy atom. The monoisotopic (exact) mass is 651 g/mol. The zero-order chi connectivity index (χ0) is 33.4. The van der Waals surface area contributed by atoms with Crippen LogP contribution in [0, 0.1) is 20.8 Å². The lowest BCUT2D eigenvalue weighted by Gasteiger charge is -2.35. The number of sulfonamides is 1. The van der Waals surface area contributed by atoms with Gasteiger partial charge in [0.2, 0.25) is 11.8 Å². The first-order valence-corrected chi connectivity index (χ1v) is 17.9. The Bertz CT molecular complexity index is 1770. The van der Waals surface area contributed by atoms with Gasteiger partial charge in [-0.25, -0.2) is 8.42 Å². The minimum absolute atomic E-state index is 0.0518. The SMILES string of the molecule is Cc1cccc(CN(C(=O)CN(c2ccc(C)c(C)c2)S(=O)(=O)c2ccccc2)[C@@H](Cc2ccccc2)C(=O)NC2CCCCC2)c1. The Morgan fingerprint density at radius 2 is 1.43 bits per heavy atom.